The van der Waals surface area contributed by atoms with Crippen molar-refractivity contribution in [3.8, 4) is 0 Å². The minimum Gasteiger partial charge on any atom is -0.444 e. The number of carbonyl (C=O) groups is 2. The van der Waals surface area contributed by atoms with Crippen LogP contribution in [-0.4, -0.2) is 66.2 Å². The molecule has 2 aliphatic rings. The molecular formula is C21H31N3O5. The number of hydrogen-bond donors (Lipinski definition) is 2. The van der Waals surface area contributed by atoms with Crippen molar-refractivity contribution < 1.29 is 24.2 Å². The van der Waals surface area contributed by atoms with Gasteiger partial charge in [0.25, 0.3) is 5.91 Å². The molecule has 8 nitrogen and oxygen atoms in total. The highest BCUT2D eigenvalue weighted by molar-refractivity contribution is 5.95. The number of hydrogen-bond acceptors (Lipinski definition) is 6. The predicted octanol–water partition coefficient (Wildman–Crippen LogP) is 2.43. The molecule has 1 unspecified atom stereocenters. The molecule has 2 N–H and O–H groups in total. The summed E-state index contributed by atoms with van der Waals surface area (Å²) < 4.78 is 10.6. The fraction of sp³-hybridized carbons (Fsp3) is 0.619. The van der Waals surface area contributed by atoms with Gasteiger partial charge in [0.05, 0.1) is 12.6 Å². The summed E-state index contributed by atoms with van der Waals surface area (Å²) in [6.45, 7) is 9.23. The molecule has 3 rings (SSSR count). The van der Waals surface area contributed by atoms with Gasteiger partial charge in [-0.2, -0.15) is 0 Å². The number of aliphatic hydroxyl groups excluding tert-OH is 1. The lowest BCUT2D eigenvalue weighted by atomic mass is 10.1. The van der Waals surface area contributed by atoms with Gasteiger partial charge in [-0.15, -0.1) is 0 Å². The smallest absolute Gasteiger partial charge is 0.410 e. The van der Waals surface area contributed by atoms with E-state index in [1.807, 2.05) is 45.0 Å². The Balaban J connectivity index is 1.64. The Kier molecular flexibility index (Phi) is 6.33. The highest BCUT2D eigenvalue weighted by Crippen LogP contribution is 2.28. The van der Waals surface area contributed by atoms with Crippen molar-refractivity contribution in [2.75, 3.05) is 36.5 Å². The number of anilines is 2. The summed E-state index contributed by atoms with van der Waals surface area (Å²) in [7, 11) is 0. The highest BCUT2D eigenvalue weighted by Gasteiger charge is 2.39. The molecule has 0 aromatic heterocycles. The Morgan fingerprint density at radius 1 is 1.31 bits per heavy atom. The van der Waals surface area contributed by atoms with Crippen LogP contribution in [0.25, 0.3) is 0 Å². The number of morpholine rings is 1. The van der Waals surface area contributed by atoms with Gasteiger partial charge in [-0.1, -0.05) is 6.92 Å². The molecule has 2 saturated heterocycles. The van der Waals surface area contributed by atoms with Crippen molar-refractivity contribution in [2.24, 2.45) is 5.92 Å². The minimum absolute atomic E-state index is 0.0649. The number of carbonyl (C=O) groups excluding carboxylic acids is 2. The van der Waals surface area contributed by atoms with E-state index in [0.29, 0.717) is 31.8 Å². The molecule has 8 heteroatoms. The van der Waals surface area contributed by atoms with Gasteiger partial charge < -0.3 is 29.7 Å². The van der Waals surface area contributed by atoms with Gasteiger partial charge in [-0.3, -0.25) is 4.79 Å². The molecule has 0 radical (unpaired) electrons. The van der Waals surface area contributed by atoms with Crippen LogP contribution in [0.15, 0.2) is 24.3 Å². The lowest BCUT2D eigenvalue weighted by molar-refractivity contribution is -0.125. The van der Waals surface area contributed by atoms with Crippen molar-refractivity contribution >= 4 is 23.4 Å². The molecule has 2 amide bonds. The zero-order valence-corrected chi connectivity index (χ0v) is 17.6. The van der Waals surface area contributed by atoms with Crippen molar-refractivity contribution in [1.29, 1.82) is 0 Å². The van der Waals surface area contributed by atoms with E-state index in [4.69, 9.17) is 9.47 Å². The third-order valence-corrected chi connectivity index (χ3v) is 5.02. The van der Waals surface area contributed by atoms with E-state index in [1.54, 1.807) is 9.80 Å². The number of benzene rings is 1. The Hall–Kier alpha value is -2.32. The second-order valence-electron chi connectivity index (χ2n) is 8.77. The van der Waals surface area contributed by atoms with Crippen LogP contribution in [0.1, 0.15) is 34.1 Å². The quantitative estimate of drug-likeness (QED) is 0.748. The van der Waals surface area contributed by atoms with Gasteiger partial charge >= 0.3 is 6.09 Å². The Morgan fingerprint density at radius 3 is 2.62 bits per heavy atom. The molecule has 0 bridgehead atoms. The van der Waals surface area contributed by atoms with Crippen LogP contribution in [0.3, 0.4) is 0 Å². The van der Waals surface area contributed by atoms with Gasteiger partial charge in [-0.25, -0.2) is 4.79 Å². The van der Waals surface area contributed by atoms with Gasteiger partial charge in [0.15, 0.2) is 0 Å². The monoisotopic (exact) mass is 405 g/mol. The first-order chi connectivity index (χ1) is 13.6. The van der Waals surface area contributed by atoms with E-state index < -0.39 is 17.9 Å². The summed E-state index contributed by atoms with van der Waals surface area (Å²) in [5.74, 6) is 0.212. The van der Waals surface area contributed by atoms with Crippen LogP contribution in [0.5, 0.6) is 0 Å². The SMILES string of the molecule is C[C@H]1C[C@H](C(O)Nc2ccc(N3CCOCC3=O)cc2)N(C(=O)OC(C)(C)C)C1. The zero-order chi connectivity index (χ0) is 21.2. The number of ether oxygens (including phenoxy) is 2. The molecular weight excluding hydrogens is 374 g/mol. The Labute approximate surface area is 171 Å². The number of nitrogens with one attached hydrogen (secondary N) is 1. The topological polar surface area (TPSA) is 91.3 Å². The van der Waals surface area contributed by atoms with E-state index in [9.17, 15) is 14.7 Å². The maximum absolute atomic E-state index is 12.5. The number of rotatable bonds is 4. The van der Waals surface area contributed by atoms with Crippen molar-refractivity contribution in [3.05, 3.63) is 24.3 Å². The van der Waals surface area contributed by atoms with Gasteiger partial charge in [0.2, 0.25) is 0 Å². The highest BCUT2D eigenvalue weighted by atomic mass is 16.6. The lowest BCUT2D eigenvalue weighted by Crippen LogP contribution is -2.47. The average molecular weight is 405 g/mol. The van der Waals surface area contributed by atoms with Crippen molar-refractivity contribution in [2.45, 2.75) is 52.0 Å². The second-order valence-corrected chi connectivity index (χ2v) is 8.77. The van der Waals surface area contributed by atoms with E-state index >= 15 is 0 Å². The molecule has 2 fully saturated rings. The maximum atomic E-state index is 12.5. The molecule has 0 spiro atoms. The average Bonchev–Trinajstić information content (AvgIpc) is 3.04. The normalized spacial score (nSPS) is 23.8. The van der Waals surface area contributed by atoms with E-state index in [2.05, 4.69) is 12.2 Å². The molecule has 2 heterocycles. The zero-order valence-electron chi connectivity index (χ0n) is 17.6. The maximum Gasteiger partial charge on any atom is 0.410 e. The molecule has 29 heavy (non-hydrogen) atoms. The Morgan fingerprint density at radius 2 is 2.00 bits per heavy atom. The molecule has 1 aromatic rings. The number of likely N-dealkylation sites (tertiary alicyclic amines) is 1. The fourth-order valence-corrected chi connectivity index (χ4v) is 3.71. The van der Waals surface area contributed by atoms with E-state index in [1.165, 1.54) is 0 Å². The van der Waals surface area contributed by atoms with Crippen LogP contribution in [-0.2, 0) is 14.3 Å². The lowest BCUT2D eigenvalue weighted by Gasteiger charge is -2.31. The van der Waals surface area contributed by atoms with E-state index in [-0.39, 0.29) is 24.5 Å². The second kappa shape index (κ2) is 8.59. The third kappa shape index (κ3) is 5.39. The number of nitrogens with zero attached hydrogens (tertiary/aromatic N) is 2. The van der Waals surface area contributed by atoms with Crippen molar-refractivity contribution in [3.63, 3.8) is 0 Å². The molecule has 0 saturated carbocycles. The molecule has 0 aliphatic carbocycles. The van der Waals surface area contributed by atoms with Crippen LogP contribution in [0.4, 0.5) is 16.2 Å². The minimum atomic E-state index is -0.927. The summed E-state index contributed by atoms with van der Waals surface area (Å²) >= 11 is 0. The molecule has 2 aliphatic heterocycles. The molecule has 160 valence electrons. The molecule has 3 atom stereocenters. The fourth-order valence-electron chi connectivity index (χ4n) is 3.71. The summed E-state index contributed by atoms with van der Waals surface area (Å²) in [6, 6.07) is 6.93. The predicted molar refractivity (Wildman–Crippen MR) is 110 cm³/mol. The number of aliphatic hydroxyl groups is 1. The van der Waals surface area contributed by atoms with Crippen molar-refractivity contribution in [1.82, 2.24) is 4.90 Å². The van der Waals surface area contributed by atoms with E-state index in [0.717, 1.165) is 5.69 Å². The van der Waals surface area contributed by atoms with Gasteiger partial charge in [0.1, 0.15) is 18.4 Å². The van der Waals surface area contributed by atoms with Gasteiger partial charge in [0, 0.05) is 24.5 Å². The van der Waals surface area contributed by atoms with Crippen LogP contribution in [0, 0.1) is 5.92 Å². The van der Waals surface area contributed by atoms with Crippen LogP contribution in [0.2, 0.25) is 0 Å². The summed E-state index contributed by atoms with van der Waals surface area (Å²) in [4.78, 5) is 27.8. The summed E-state index contributed by atoms with van der Waals surface area (Å²) in [5, 5.41) is 13.8. The molecule has 1 aromatic carbocycles. The first-order valence-electron chi connectivity index (χ1n) is 10.1. The van der Waals surface area contributed by atoms with Crippen LogP contribution >= 0.6 is 0 Å². The third-order valence-electron chi connectivity index (χ3n) is 5.02. The van der Waals surface area contributed by atoms with Gasteiger partial charge in [-0.05, 0) is 57.4 Å². The summed E-state index contributed by atoms with van der Waals surface area (Å²) in [5.41, 5.74) is 0.923. The standard InChI is InChI=1S/C21H31N3O5/c1-14-11-17(24(12-14)20(27)29-21(2,3)4)19(26)22-15-5-7-16(8-6-15)23-9-10-28-13-18(23)25/h5-8,14,17,19,22,26H,9-13H2,1-4H3/t14-,17+,19?/m0/s1. The van der Waals surface area contributed by atoms with Crippen LogP contribution < -0.4 is 10.2 Å². The first-order valence-corrected chi connectivity index (χ1v) is 10.1. The first kappa shape index (κ1) is 21.4. The largest absolute Gasteiger partial charge is 0.444 e. The Bertz CT molecular complexity index is 731. The summed E-state index contributed by atoms with van der Waals surface area (Å²) in [6.07, 6.45) is -0.648. The number of amides is 2.